The quantitative estimate of drug-likeness (QED) is 0.833. The number of halogens is 1. The molecule has 3 N–H and O–H groups in total. The van der Waals surface area contributed by atoms with Crippen molar-refractivity contribution in [1.29, 1.82) is 0 Å². The Bertz CT molecular complexity index is 405. The Morgan fingerprint density at radius 2 is 2.06 bits per heavy atom. The topological polar surface area (TPSA) is 55.1 Å². The minimum atomic E-state index is -0.309. The van der Waals surface area contributed by atoms with Gasteiger partial charge >= 0.3 is 0 Å². The van der Waals surface area contributed by atoms with Crippen LogP contribution in [0.1, 0.15) is 32.3 Å². The van der Waals surface area contributed by atoms with E-state index in [1.165, 1.54) is 0 Å². The molecule has 1 amide bonds. The zero-order valence-electron chi connectivity index (χ0n) is 11.0. The van der Waals surface area contributed by atoms with Crippen molar-refractivity contribution in [2.45, 2.75) is 38.6 Å². The molecule has 0 bridgehead atoms. The summed E-state index contributed by atoms with van der Waals surface area (Å²) in [5.74, 6) is 0.0394. The third kappa shape index (κ3) is 5.07. The first-order valence-corrected chi connectivity index (χ1v) is 6.57. The van der Waals surface area contributed by atoms with E-state index in [9.17, 15) is 4.79 Å². The SMILES string of the molecule is CC(C)(Cc1ccccc1Cl)NC(=O)CCCN. The van der Waals surface area contributed by atoms with Crippen LogP contribution in [0.4, 0.5) is 0 Å². The number of nitrogens with one attached hydrogen (secondary N) is 1. The van der Waals surface area contributed by atoms with E-state index in [4.69, 9.17) is 17.3 Å². The molecule has 0 aromatic heterocycles. The van der Waals surface area contributed by atoms with Gasteiger partial charge in [0.1, 0.15) is 0 Å². The van der Waals surface area contributed by atoms with Crippen molar-refractivity contribution in [1.82, 2.24) is 5.32 Å². The summed E-state index contributed by atoms with van der Waals surface area (Å²) in [6, 6.07) is 7.70. The van der Waals surface area contributed by atoms with Gasteiger partial charge in [-0.05, 0) is 44.9 Å². The summed E-state index contributed by atoms with van der Waals surface area (Å²) in [6.07, 6.45) is 1.90. The average Bonchev–Trinajstić information content (AvgIpc) is 2.28. The van der Waals surface area contributed by atoms with Gasteiger partial charge in [-0.2, -0.15) is 0 Å². The van der Waals surface area contributed by atoms with Crippen LogP contribution >= 0.6 is 11.6 Å². The molecule has 100 valence electrons. The first-order valence-electron chi connectivity index (χ1n) is 6.19. The minimum Gasteiger partial charge on any atom is -0.351 e. The monoisotopic (exact) mass is 268 g/mol. The Morgan fingerprint density at radius 1 is 1.39 bits per heavy atom. The summed E-state index contributed by atoms with van der Waals surface area (Å²) < 4.78 is 0. The predicted octanol–water partition coefficient (Wildman–Crippen LogP) is 2.52. The molecule has 1 aromatic rings. The summed E-state index contributed by atoms with van der Waals surface area (Å²) in [4.78, 5) is 11.7. The van der Waals surface area contributed by atoms with Gasteiger partial charge in [0.15, 0.2) is 0 Å². The van der Waals surface area contributed by atoms with Gasteiger partial charge in [0.2, 0.25) is 5.91 Å². The number of amides is 1. The maximum atomic E-state index is 11.7. The normalized spacial score (nSPS) is 11.3. The van der Waals surface area contributed by atoms with Crippen LogP contribution in [0.5, 0.6) is 0 Å². The van der Waals surface area contributed by atoms with E-state index in [0.29, 0.717) is 25.8 Å². The van der Waals surface area contributed by atoms with Crippen molar-refractivity contribution in [3.05, 3.63) is 34.9 Å². The first-order chi connectivity index (χ1) is 8.44. The second-order valence-corrected chi connectivity index (χ2v) is 5.50. The minimum absolute atomic E-state index is 0.0394. The molecule has 0 aliphatic rings. The Kier molecular flexibility index (Phi) is 5.63. The largest absolute Gasteiger partial charge is 0.351 e. The van der Waals surface area contributed by atoms with Crippen LogP contribution in [-0.4, -0.2) is 18.0 Å². The van der Waals surface area contributed by atoms with Crippen molar-refractivity contribution < 1.29 is 4.79 Å². The lowest BCUT2D eigenvalue weighted by atomic mass is 9.94. The fraction of sp³-hybridized carbons (Fsp3) is 0.500. The van der Waals surface area contributed by atoms with E-state index < -0.39 is 0 Å². The Labute approximate surface area is 114 Å². The van der Waals surface area contributed by atoms with Crippen LogP contribution in [0, 0.1) is 0 Å². The van der Waals surface area contributed by atoms with Gasteiger partial charge in [-0.15, -0.1) is 0 Å². The molecule has 0 aliphatic heterocycles. The van der Waals surface area contributed by atoms with Crippen molar-refractivity contribution in [2.24, 2.45) is 5.73 Å². The van der Waals surface area contributed by atoms with E-state index in [-0.39, 0.29) is 11.4 Å². The summed E-state index contributed by atoms with van der Waals surface area (Å²) in [7, 11) is 0. The van der Waals surface area contributed by atoms with Crippen molar-refractivity contribution in [3.8, 4) is 0 Å². The lowest BCUT2D eigenvalue weighted by molar-refractivity contribution is -0.122. The number of nitrogens with two attached hydrogens (primary N) is 1. The molecule has 1 rings (SSSR count). The highest BCUT2D eigenvalue weighted by molar-refractivity contribution is 6.31. The molecule has 0 heterocycles. The lowest BCUT2D eigenvalue weighted by Gasteiger charge is -2.27. The average molecular weight is 269 g/mol. The third-order valence-corrected chi connectivity index (χ3v) is 3.04. The third-order valence-electron chi connectivity index (χ3n) is 2.68. The van der Waals surface area contributed by atoms with E-state index in [2.05, 4.69) is 5.32 Å². The molecule has 1 aromatic carbocycles. The highest BCUT2D eigenvalue weighted by Gasteiger charge is 2.21. The summed E-state index contributed by atoms with van der Waals surface area (Å²) in [5, 5.41) is 3.75. The standard InChI is InChI=1S/C14H21ClN2O/c1-14(2,17-13(18)8-5-9-16)10-11-6-3-4-7-12(11)15/h3-4,6-7H,5,8-10,16H2,1-2H3,(H,17,18). The molecular formula is C14H21ClN2O. The lowest BCUT2D eigenvalue weighted by Crippen LogP contribution is -2.45. The fourth-order valence-corrected chi connectivity index (χ4v) is 2.07. The van der Waals surface area contributed by atoms with Crippen molar-refractivity contribution in [2.75, 3.05) is 6.54 Å². The number of carbonyl (C=O) groups excluding carboxylic acids is 1. The number of hydrogen-bond acceptors (Lipinski definition) is 2. The van der Waals surface area contributed by atoms with Crippen LogP contribution in [0.25, 0.3) is 0 Å². The van der Waals surface area contributed by atoms with E-state index in [1.807, 2.05) is 38.1 Å². The molecule has 0 fully saturated rings. The van der Waals surface area contributed by atoms with Crippen LogP contribution < -0.4 is 11.1 Å². The van der Waals surface area contributed by atoms with Crippen molar-refractivity contribution in [3.63, 3.8) is 0 Å². The number of benzene rings is 1. The van der Waals surface area contributed by atoms with Gasteiger partial charge in [-0.3, -0.25) is 4.79 Å². The molecule has 0 aliphatic carbocycles. The van der Waals surface area contributed by atoms with Crippen molar-refractivity contribution >= 4 is 17.5 Å². The molecule has 4 heteroatoms. The van der Waals surface area contributed by atoms with Gasteiger partial charge < -0.3 is 11.1 Å². The molecular weight excluding hydrogens is 248 g/mol. The second kappa shape index (κ2) is 6.76. The first kappa shape index (κ1) is 15.0. The van der Waals surface area contributed by atoms with Gasteiger partial charge in [-0.25, -0.2) is 0 Å². The number of rotatable bonds is 6. The molecule has 18 heavy (non-hydrogen) atoms. The molecule has 3 nitrogen and oxygen atoms in total. The Hall–Kier alpha value is -1.06. The van der Waals surface area contributed by atoms with Crippen LogP contribution in [0.3, 0.4) is 0 Å². The van der Waals surface area contributed by atoms with Crippen LogP contribution in [0.15, 0.2) is 24.3 Å². The number of carbonyl (C=O) groups is 1. The Balaban J connectivity index is 2.59. The summed E-state index contributed by atoms with van der Waals surface area (Å²) in [6.45, 7) is 4.53. The predicted molar refractivity (Wildman–Crippen MR) is 75.7 cm³/mol. The van der Waals surface area contributed by atoms with E-state index in [0.717, 1.165) is 10.6 Å². The maximum absolute atomic E-state index is 11.7. The highest BCUT2D eigenvalue weighted by Crippen LogP contribution is 2.20. The molecule has 0 unspecified atom stereocenters. The highest BCUT2D eigenvalue weighted by atomic mass is 35.5. The molecule has 0 spiro atoms. The molecule has 0 radical (unpaired) electrons. The summed E-state index contributed by atoms with van der Waals surface area (Å²) >= 11 is 6.12. The zero-order valence-corrected chi connectivity index (χ0v) is 11.8. The summed E-state index contributed by atoms with van der Waals surface area (Å²) in [5.41, 5.74) is 6.12. The number of hydrogen-bond donors (Lipinski definition) is 2. The van der Waals surface area contributed by atoms with Gasteiger partial charge in [0.25, 0.3) is 0 Å². The Morgan fingerprint density at radius 3 is 2.67 bits per heavy atom. The van der Waals surface area contributed by atoms with Crippen LogP contribution in [-0.2, 0) is 11.2 Å². The van der Waals surface area contributed by atoms with E-state index in [1.54, 1.807) is 0 Å². The van der Waals surface area contributed by atoms with Crippen LogP contribution in [0.2, 0.25) is 5.02 Å². The molecule has 0 saturated carbocycles. The maximum Gasteiger partial charge on any atom is 0.220 e. The van der Waals surface area contributed by atoms with Gasteiger partial charge in [0, 0.05) is 17.0 Å². The second-order valence-electron chi connectivity index (χ2n) is 5.09. The zero-order chi connectivity index (χ0) is 13.6. The van der Waals surface area contributed by atoms with Gasteiger partial charge in [-0.1, -0.05) is 29.8 Å². The fourth-order valence-electron chi connectivity index (χ4n) is 1.86. The molecule has 0 atom stereocenters. The van der Waals surface area contributed by atoms with Gasteiger partial charge in [0.05, 0.1) is 0 Å². The molecule has 0 saturated heterocycles. The van der Waals surface area contributed by atoms with E-state index >= 15 is 0 Å². The smallest absolute Gasteiger partial charge is 0.220 e.